The van der Waals surface area contributed by atoms with Crippen LogP contribution in [0.1, 0.15) is 0 Å². The quantitative estimate of drug-likeness (QED) is 0.754. The largest absolute Gasteiger partial charge is 0.388 e. The third-order valence-corrected chi connectivity index (χ3v) is 4.12. The number of aromatic nitrogens is 2. The number of hydrogen-bond donors (Lipinski definition) is 1. The van der Waals surface area contributed by atoms with Crippen LogP contribution in [0.4, 0.5) is 5.69 Å². The summed E-state index contributed by atoms with van der Waals surface area (Å²) < 4.78 is 1.58. The lowest BCUT2D eigenvalue weighted by Gasteiger charge is -2.08. The van der Waals surface area contributed by atoms with Crippen LogP contribution in [0, 0.1) is 0 Å². The van der Waals surface area contributed by atoms with Gasteiger partial charge in [0.15, 0.2) is 0 Å². The summed E-state index contributed by atoms with van der Waals surface area (Å²) in [6.07, 6.45) is 3.57. The van der Waals surface area contributed by atoms with Crippen molar-refractivity contribution < 1.29 is 0 Å². The fourth-order valence-corrected chi connectivity index (χ4v) is 2.64. The summed E-state index contributed by atoms with van der Waals surface area (Å²) >= 11 is 1.61. The van der Waals surface area contributed by atoms with E-state index in [1.54, 1.807) is 22.7 Å². The third-order valence-electron chi connectivity index (χ3n) is 3.40. The highest BCUT2D eigenvalue weighted by Crippen LogP contribution is 2.19. The molecule has 0 saturated carbocycles. The first-order chi connectivity index (χ1) is 10.2. The zero-order chi connectivity index (χ0) is 14.8. The normalized spacial score (nSPS) is 10.8. The zero-order valence-electron chi connectivity index (χ0n) is 11.8. The number of rotatable bonds is 3. The maximum Gasteiger partial charge on any atom is 0.265 e. The van der Waals surface area contributed by atoms with Gasteiger partial charge in [-0.2, -0.15) is 0 Å². The van der Waals surface area contributed by atoms with Gasteiger partial charge in [0.05, 0.1) is 16.6 Å². The molecule has 0 amide bonds. The summed E-state index contributed by atoms with van der Waals surface area (Å²) in [5.41, 5.74) is 2.49. The van der Waals surface area contributed by atoms with Crippen LogP contribution in [0.25, 0.3) is 16.6 Å². The lowest BCUT2D eigenvalue weighted by molar-refractivity contribution is 0.962. The summed E-state index contributed by atoms with van der Waals surface area (Å²) in [5, 5.41) is 3.70. The van der Waals surface area contributed by atoms with Gasteiger partial charge in [-0.25, -0.2) is 4.98 Å². The predicted molar refractivity (Wildman–Crippen MR) is 88.7 cm³/mol. The van der Waals surface area contributed by atoms with Crippen LogP contribution in [0.5, 0.6) is 0 Å². The summed E-state index contributed by atoms with van der Waals surface area (Å²) in [6.45, 7) is 0. The second-order valence-electron chi connectivity index (χ2n) is 4.60. The van der Waals surface area contributed by atoms with Crippen molar-refractivity contribution in [2.75, 3.05) is 18.6 Å². The van der Waals surface area contributed by atoms with Crippen molar-refractivity contribution in [1.29, 1.82) is 0 Å². The van der Waals surface area contributed by atoms with E-state index in [1.165, 1.54) is 0 Å². The Labute approximate surface area is 126 Å². The van der Waals surface area contributed by atoms with Gasteiger partial charge in [0.1, 0.15) is 6.33 Å². The number of thioether (sulfide) groups is 1. The average molecular weight is 297 g/mol. The molecule has 0 atom stereocenters. The lowest BCUT2D eigenvalue weighted by Crippen LogP contribution is -2.18. The van der Waals surface area contributed by atoms with Gasteiger partial charge in [-0.05, 0) is 48.7 Å². The van der Waals surface area contributed by atoms with E-state index in [9.17, 15) is 4.79 Å². The Morgan fingerprint density at radius 3 is 2.57 bits per heavy atom. The zero-order valence-corrected chi connectivity index (χ0v) is 12.6. The van der Waals surface area contributed by atoms with E-state index in [2.05, 4.69) is 10.3 Å². The molecule has 4 nitrogen and oxygen atoms in total. The smallest absolute Gasteiger partial charge is 0.265 e. The molecule has 5 heteroatoms. The van der Waals surface area contributed by atoms with Gasteiger partial charge in [0, 0.05) is 17.6 Å². The van der Waals surface area contributed by atoms with E-state index in [-0.39, 0.29) is 5.56 Å². The number of nitrogens with one attached hydrogen (secondary N) is 1. The molecule has 0 aliphatic rings. The first kappa shape index (κ1) is 13.7. The molecule has 3 rings (SSSR count). The number of nitrogens with zero attached hydrogens (tertiary/aromatic N) is 2. The van der Waals surface area contributed by atoms with Gasteiger partial charge in [-0.1, -0.05) is 0 Å². The predicted octanol–water partition coefficient (Wildman–Crippen LogP) is 3.15. The van der Waals surface area contributed by atoms with Crippen molar-refractivity contribution >= 4 is 28.4 Å². The topological polar surface area (TPSA) is 46.9 Å². The van der Waals surface area contributed by atoms with Gasteiger partial charge in [0.25, 0.3) is 5.56 Å². The van der Waals surface area contributed by atoms with Crippen LogP contribution in [-0.4, -0.2) is 22.9 Å². The average Bonchev–Trinajstić information content (AvgIpc) is 2.55. The van der Waals surface area contributed by atoms with E-state index in [0.29, 0.717) is 5.39 Å². The first-order valence-electron chi connectivity index (χ1n) is 6.56. The van der Waals surface area contributed by atoms with Crippen LogP contribution >= 0.6 is 11.8 Å². The molecule has 1 heterocycles. The number of benzene rings is 2. The number of fused-ring (bicyclic) bond motifs is 1. The second kappa shape index (κ2) is 5.61. The molecule has 0 aliphatic carbocycles. The van der Waals surface area contributed by atoms with Crippen molar-refractivity contribution in [2.45, 2.75) is 4.90 Å². The van der Waals surface area contributed by atoms with E-state index >= 15 is 0 Å². The molecule has 0 aliphatic heterocycles. The highest BCUT2D eigenvalue weighted by atomic mass is 32.2. The minimum absolute atomic E-state index is 0.0480. The maximum absolute atomic E-state index is 12.6. The summed E-state index contributed by atoms with van der Waals surface area (Å²) in [6, 6.07) is 13.4. The van der Waals surface area contributed by atoms with Crippen molar-refractivity contribution in [3.8, 4) is 5.69 Å². The molecular formula is C16H15N3OS. The van der Waals surface area contributed by atoms with Gasteiger partial charge in [-0.3, -0.25) is 9.36 Å². The summed E-state index contributed by atoms with van der Waals surface area (Å²) in [7, 11) is 1.86. The monoisotopic (exact) mass is 297 g/mol. The molecule has 21 heavy (non-hydrogen) atoms. The molecule has 1 N–H and O–H groups in total. The molecule has 0 fully saturated rings. The highest BCUT2D eigenvalue weighted by Gasteiger charge is 2.06. The molecule has 0 spiro atoms. The molecule has 0 bridgehead atoms. The lowest BCUT2D eigenvalue weighted by atomic mass is 10.2. The molecule has 0 saturated heterocycles. The van der Waals surface area contributed by atoms with Crippen LogP contribution in [-0.2, 0) is 0 Å². The fourth-order valence-electron chi connectivity index (χ4n) is 2.20. The second-order valence-corrected chi connectivity index (χ2v) is 5.48. The Balaban J connectivity index is 2.18. The van der Waals surface area contributed by atoms with Crippen LogP contribution in [0.3, 0.4) is 0 Å². The Morgan fingerprint density at radius 2 is 1.90 bits per heavy atom. The molecule has 0 unspecified atom stereocenters. The molecule has 1 aromatic heterocycles. The minimum atomic E-state index is -0.0480. The number of hydrogen-bond acceptors (Lipinski definition) is 4. The Hall–Kier alpha value is -2.27. The van der Waals surface area contributed by atoms with E-state index in [0.717, 1.165) is 21.8 Å². The molecule has 3 aromatic rings. The Morgan fingerprint density at radius 1 is 1.14 bits per heavy atom. The van der Waals surface area contributed by atoms with Crippen LogP contribution < -0.4 is 10.9 Å². The first-order valence-corrected chi connectivity index (χ1v) is 7.79. The van der Waals surface area contributed by atoms with Gasteiger partial charge >= 0.3 is 0 Å². The Bertz CT molecular complexity index is 840. The van der Waals surface area contributed by atoms with Crippen molar-refractivity contribution in [1.82, 2.24) is 9.55 Å². The SMILES string of the molecule is CNc1ccc(-n2cnc3ccc(SC)cc3c2=O)cc1. The van der Waals surface area contributed by atoms with Gasteiger partial charge < -0.3 is 5.32 Å². The third kappa shape index (κ3) is 2.52. The fraction of sp³-hybridized carbons (Fsp3) is 0.125. The van der Waals surface area contributed by atoms with Crippen molar-refractivity contribution in [2.24, 2.45) is 0 Å². The summed E-state index contributed by atoms with van der Waals surface area (Å²) in [4.78, 5) is 18.1. The minimum Gasteiger partial charge on any atom is -0.388 e. The highest BCUT2D eigenvalue weighted by molar-refractivity contribution is 7.98. The van der Waals surface area contributed by atoms with Gasteiger partial charge in [0.2, 0.25) is 0 Å². The standard InChI is InChI=1S/C16H15N3OS/c1-17-11-3-5-12(6-4-11)19-10-18-15-8-7-13(21-2)9-14(15)16(19)20/h3-10,17H,1-2H3. The number of anilines is 1. The van der Waals surface area contributed by atoms with E-state index in [1.807, 2.05) is 55.8 Å². The van der Waals surface area contributed by atoms with Gasteiger partial charge in [-0.15, -0.1) is 11.8 Å². The molecular weight excluding hydrogens is 282 g/mol. The molecule has 106 valence electrons. The maximum atomic E-state index is 12.6. The summed E-state index contributed by atoms with van der Waals surface area (Å²) in [5.74, 6) is 0. The Kier molecular flexibility index (Phi) is 3.66. The van der Waals surface area contributed by atoms with E-state index in [4.69, 9.17) is 0 Å². The molecule has 0 radical (unpaired) electrons. The molecule has 2 aromatic carbocycles. The van der Waals surface area contributed by atoms with Crippen LogP contribution in [0.2, 0.25) is 0 Å². The van der Waals surface area contributed by atoms with Crippen molar-refractivity contribution in [3.63, 3.8) is 0 Å². The van der Waals surface area contributed by atoms with E-state index < -0.39 is 0 Å². The van der Waals surface area contributed by atoms with Crippen LogP contribution in [0.15, 0.2) is 58.5 Å². The van der Waals surface area contributed by atoms with Crippen molar-refractivity contribution in [3.05, 3.63) is 59.1 Å².